The van der Waals surface area contributed by atoms with E-state index in [9.17, 15) is 4.39 Å². The van der Waals surface area contributed by atoms with Gasteiger partial charge in [0.1, 0.15) is 11.6 Å². The van der Waals surface area contributed by atoms with E-state index in [4.69, 9.17) is 10.2 Å². The Kier molecular flexibility index (Phi) is 6.51. The molecule has 0 amide bonds. The van der Waals surface area contributed by atoms with E-state index in [2.05, 4.69) is 18.3 Å². The molecule has 0 bridgehead atoms. The van der Waals surface area contributed by atoms with Crippen molar-refractivity contribution in [2.45, 2.75) is 38.4 Å². The fourth-order valence-corrected chi connectivity index (χ4v) is 3.22. The van der Waals surface area contributed by atoms with Crippen molar-refractivity contribution in [3.8, 4) is 0 Å². The first kappa shape index (κ1) is 19.3. The van der Waals surface area contributed by atoms with E-state index in [-0.39, 0.29) is 11.7 Å². The maximum absolute atomic E-state index is 14.5. The van der Waals surface area contributed by atoms with Gasteiger partial charge >= 0.3 is 0 Å². The molecular formula is C20H27FN2O2. The van der Waals surface area contributed by atoms with Crippen molar-refractivity contribution in [2.75, 3.05) is 13.6 Å². The van der Waals surface area contributed by atoms with E-state index in [1.165, 1.54) is 0 Å². The molecule has 1 aliphatic carbocycles. The summed E-state index contributed by atoms with van der Waals surface area (Å²) in [5.74, 6) is 0.941. The molecule has 1 saturated carbocycles. The van der Waals surface area contributed by atoms with Crippen LogP contribution in [0, 0.1) is 11.7 Å². The Balaban J connectivity index is 2.08. The van der Waals surface area contributed by atoms with E-state index < -0.39 is 6.29 Å². The first-order chi connectivity index (χ1) is 11.8. The van der Waals surface area contributed by atoms with Gasteiger partial charge < -0.3 is 15.1 Å². The Bertz CT molecular complexity index is 664. The molecule has 0 heterocycles. The van der Waals surface area contributed by atoms with Gasteiger partial charge in [0, 0.05) is 25.6 Å². The van der Waals surface area contributed by atoms with Gasteiger partial charge in [-0.1, -0.05) is 18.7 Å². The van der Waals surface area contributed by atoms with Crippen molar-refractivity contribution in [1.29, 1.82) is 0 Å². The summed E-state index contributed by atoms with van der Waals surface area (Å²) in [5, 5.41) is 18.0. The molecule has 136 valence electrons. The second-order valence-electron chi connectivity index (χ2n) is 6.69. The molecule has 1 fully saturated rings. The fraction of sp³-hybridized carbons (Fsp3) is 0.450. The predicted molar refractivity (Wildman–Crippen MR) is 99.7 cm³/mol. The number of benzene rings is 1. The number of aliphatic hydroxyl groups is 2. The van der Waals surface area contributed by atoms with Crippen LogP contribution in [0.3, 0.4) is 0 Å². The summed E-state index contributed by atoms with van der Waals surface area (Å²) in [7, 11) is 1.89. The SMILES string of the molecule is C=N/C(=C/C(=C)c1ccc(C2CC(CC(O)O)C2)cc1F)N(C)CC. The monoisotopic (exact) mass is 346 g/mol. The minimum Gasteiger partial charge on any atom is -0.368 e. The highest BCUT2D eigenvalue weighted by atomic mass is 19.1. The zero-order valence-corrected chi connectivity index (χ0v) is 15.0. The number of allylic oxidation sites excluding steroid dienone is 2. The number of rotatable bonds is 8. The average Bonchev–Trinajstić information content (AvgIpc) is 2.54. The van der Waals surface area contributed by atoms with Crippen molar-refractivity contribution in [3.05, 3.63) is 53.6 Å². The summed E-state index contributed by atoms with van der Waals surface area (Å²) in [6, 6.07) is 5.25. The second kappa shape index (κ2) is 8.41. The number of aliphatic imine (C=N–C) groups is 1. The molecule has 0 aromatic heterocycles. The quantitative estimate of drug-likeness (QED) is 0.430. The summed E-state index contributed by atoms with van der Waals surface area (Å²) >= 11 is 0. The smallest absolute Gasteiger partial charge is 0.151 e. The Labute approximate surface area is 149 Å². The zero-order valence-electron chi connectivity index (χ0n) is 15.0. The first-order valence-electron chi connectivity index (χ1n) is 8.60. The van der Waals surface area contributed by atoms with Gasteiger partial charge in [-0.25, -0.2) is 9.38 Å². The molecule has 0 unspecified atom stereocenters. The Morgan fingerprint density at radius 2 is 2.12 bits per heavy atom. The highest BCUT2D eigenvalue weighted by molar-refractivity contribution is 5.73. The van der Waals surface area contributed by atoms with Crippen molar-refractivity contribution in [3.63, 3.8) is 0 Å². The number of hydrogen-bond acceptors (Lipinski definition) is 4. The minimum absolute atomic E-state index is 0.285. The molecule has 0 spiro atoms. The molecule has 2 N–H and O–H groups in total. The van der Waals surface area contributed by atoms with Crippen LogP contribution in [0.25, 0.3) is 5.57 Å². The van der Waals surface area contributed by atoms with Crippen LogP contribution >= 0.6 is 0 Å². The summed E-state index contributed by atoms with van der Waals surface area (Å²) in [4.78, 5) is 5.88. The highest BCUT2D eigenvalue weighted by Gasteiger charge is 2.31. The van der Waals surface area contributed by atoms with Crippen LogP contribution in [0.2, 0.25) is 0 Å². The van der Waals surface area contributed by atoms with Gasteiger partial charge in [-0.2, -0.15) is 0 Å². The third kappa shape index (κ3) is 4.77. The largest absolute Gasteiger partial charge is 0.368 e. The lowest BCUT2D eigenvalue weighted by Gasteiger charge is -2.36. The van der Waals surface area contributed by atoms with Crippen molar-refractivity contribution in [2.24, 2.45) is 10.9 Å². The van der Waals surface area contributed by atoms with Gasteiger partial charge in [0.15, 0.2) is 6.29 Å². The topological polar surface area (TPSA) is 56.1 Å². The third-order valence-corrected chi connectivity index (χ3v) is 4.92. The van der Waals surface area contributed by atoms with Crippen LogP contribution in [-0.2, 0) is 0 Å². The molecule has 0 radical (unpaired) electrons. The van der Waals surface area contributed by atoms with E-state index in [0.717, 1.165) is 24.9 Å². The highest BCUT2D eigenvalue weighted by Crippen LogP contribution is 2.44. The van der Waals surface area contributed by atoms with E-state index in [0.29, 0.717) is 29.3 Å². The maximum Gasteiger partial charge on any atom is 0.151 e. The van der Waals surface area contributed by atoms with Crippen LogP contribution in [0.4, 0.5) is 4.39 Å². The van der Waals surface area contributed by atoms with Crippen molar-refractivity contribution < 1.29 is 14.6 Å². The Hall–Kier alpha value is -1.98. The first-order valence-corrected chi connectivity index (χ1v) is 8.60. The van der Waals surface area contributed by atoms with Crippen LogP contribution in [0.15, 0.2) is 41.7 Å². The molecular weight excluding hydrogens is 319 g/mol. The minimum atomic E-state index is -1.26. The Morgan fingerprint density at radius 3 is 2.64 bits per heavy atom. The molecule has 2 rings (SSSR count). The summed E-state index contributed by atoms with van der Waals surface area (Å²) < 4.78 is 14.5. The predicted octanol–water partition coefficient (Wildman–Crippen LogP) is 3.53. The average molecular weight is 346 g/mol. The molecule has 25 heavy (non-hydrogen) atoms. The fourth-order valence-electron chi connectivity index (χ4n) is 3.22. The van der Waals surface area contributed by atoms with Crippen LogP contribution < -0.4 is 0 Å². The van der Waals surface area contributed by atoms with Gasteiger partial charge in [-0.15, -0.1) is 0 Å². The van der Waals surface area contributed by atoms with Crippen molar-refractivity contribution in [1.82, 2.24) is 4.90 Å². The third-order valence-electron chi connectivity index (χ3n) is 4.92. The summed E-state index contributed by atoms with van der Waals surface area (Å²) in [6.45, 7) is 10.3. The van der Waals surface area contributed by atoms with Crippen LogP contribution in [0.5, 0.6) is 0 Å². The number of aliphatic hydroxyl groups excluding tert-OH is 1. The standard InChI is InChI=1S/C20H27FN2O2/c1-5-23(4)19(22-3)8-13(2)17-7-6-15(12-18(17)21)16-9-14(10-16)11-20(24)25/h6-8,12,14,16,20,24-25H,2-3,5,9-11H2,1,4H3/b19-8-. The summed E-state index contributed by atoms with van der Waals surface area (Å²) in [5.41, 5.74) is 1.96. The van der Waals surface area contributed by atoms with Crippen LogP contribution in [-0.4, -0.2) is 41.7 Å². The molecule has 1 aliphatic rings. The Morgan fingerprint density at radius 1 is 1.44 bits per heavy atom. The van der Waals surface area contributed by atoms with Gasteiger partial charge in [0.25, 0.3) is 0 Å². The molecule has 0 atom stereocenters. The molecule has 1 aromatic rings. The van der Waals surface area contributed by atoms with Crippen molar-refractivity contribution >= 4 is 12.3 Å². The maximum atomic E-state index is 14.5. The van der Waals surface area contributed by atoms with Crippen LogP contribution in [0.1, 0.15) is 43.2 Å². The van der Waals surface area contributed by atoms with Gasteiger partial charge in [0.2, 0.25) is 0 Å². The molecule has 4 nitrogen and oxygen atoms in total. The normalized spacial score (nSPS) is 20.3. The lowest BCUT2D eigenvalue weighted by molar-refractivity contribution is -0.0650. The number of hydrogen-bond donors (Lipinski definition) is 2. The number of halogens is 1. The molecule has 0 saturated heterocycles. The lowest BCUT2D eigenvalue weighted by atomic mass is 9.70. The van der Waals surface area contributed by atoms with E-state index in [1.807, 2.05) is 24.9 Å². The molecule has 0 aliphatic heterocycles. The molecule has 5 heteroatoms. The van der Waals surface area contributed by atoms with Gasteiger partial charge in [0.05, 0.1) is 0 Å². The van der Waals surface area contributed by atoms with E-state index >= 15 is 0 Å². The molecule has 1 aromatic carbocycles. The van der Waals surface area contributed by atoms with Gasteiger partial charge in [-0.05, 0) is 61.6 Å². The van der Waals surface area contributed by atoms with E-state index in [1.54, 1.807) is 18.2 Å². The second-order valence-corrected chi connectivity index (χ2v) is 6.69. The summed E-state index contributed by atoms with van der Waals surface area (Å²) in [6.07, 6.45) is 2.60. The lowest BCUT2D eigenvalue weighted by Crippen LogP contribution is -2.26. The zero-order chi connectivity index (χ0) is 18.6. The van der Waals surface area contributed by atoms with Gasteiger partial charge in [-0.3, -0.25) is 0 Å². The number of nitrogens with zero attached hydrogens (tertiary/aromatic N) is 2.